The molecule has 0 spiro atoms. The molecule has 2 saturated heterocycles. The van der Waals surface area contributed by atoms with Crippen LogP contribution in [0.15, 0.2) is 36.9 Å². The maximum atomic E-state index is 12.2. The third-order valence-electron chi connectivity index (χ3n) is 5.28. The van der Waals surface area contributed by atoms with Gasteiger partial charge in [0.2, 0.25) is 12.5 Å². The molecule has 0 aromatic heterocycles. The number of fused-ring (bicyclic) bond motifs is 1. The van der Waals surface area contributed by atoms with E-state index in [1.54, 1.807) is 0 Å². The SMILES string of the molecule is C=CC(=O)NCC1CN(c2ccc(C(C)(C)C)cc2)C2CC[N+](=O)N2C1. The number of nitroso groups, excluding NO2 is 1. The Morgan fingerprint density at radius 1 is 1.31 bits per heavy atom. The van der Waals surface area contributed by atoms with Crippen LogP contribution in [0.5, 0.6) is 0 Å². The Hall–Kier alpha value is -2.37. The Kier molecular flexibility index (Phi) is 5.03. The highest BCUT2D eigenvalue weighted by molar-refractivity contribution is 5.86. The maximum Gasteiger partial charge on any atom is 0.243 e. The van der Waals surface area contributed by atoms with Crippen LogP contribution in [0.25, 0.3) is 0 Å². The van der Waals surface area contributed by atoms with E-state index in [2.05, 4.69) is 61.8 Å². The van der Waals surface area contributed by atoms with Crippen molar-refractivity contribution in [3.63, 3.8) is 0 Å². The van der Waals surface area contributed by atoms with E-state index in [0.29, 0.717) is 19.6 Å². The standard InChI is InChI=1S/C20H28N4O2/c1-5-18(25)21-12-15-13-22(19-10-11-24(26)23(19)14-15)17-8-6-16(7-9-17)20(2,3)4/h5-9,15,19H,1,10-14H2,2-4H3/p+1. The highest BCUT2D eigenvalue weighted by Gasteiger charge is 2.47. The normalized spacial score (nSPS) is 23.0. The number of anilines is 1. The minimum absolute atomic E-state index is 0.0966. The van der Waals surface area contributed by atoms with Crippen LogP contribution in [-0.2, 0) is 10.2 Å². The number of benzene rings is 1. The molecule has 0 aliphatic carbocycles. The van der Waals surface area contributed by atoms with Gasteiger partial charge in [0, 0.05) is 24.7 Å². The van der Waals surface area contributed by atoms with Crippen LogP contribution >= 0.6 is 0 Å². The van der Waals surface area contributed by atoms with E-state index in [4.69, 9.17) is 0 Å². The fourth-order valence-electron chi connectivity index (χ4n) is 3.78. The van der Waals surface area contributed by atoms with E-state index in [9.17, 15) is 9.70 Å². The molecule has 0 radical (unpaired) electrons. The predicted molar refractivity (Wildman–Crippen MR) is 103 cm³/mol. The summed E-state index contributed by atoms with van der Waals surface area (Å²) in [5.74, 6) is 0.0144. The van der Waals surface area contributed by atoms with Crippen LogP contribution in [0, 0.1) is 10.8 Å². The molecule has 3 rings (SSSR count). The van der Waals surface area contributed by atoms with E-state index in [1.165, 1.54) is 11.6 Å². The van der Waals surface area contributed by atoms with Gasteiger partial charge in [-0.05, 0) is 29.2 Å². The first-order valence-electron chi connectivity index (χ1n) is 9.28. The van der Waals surface area contributed by atoms with Crippen LogP contribution in [0.3, 0.4) is 0 Å². The highest BCUT2D eigenvalue weighted by Crippen LogP contribution is 2.32. The van der Waals surface area contributed by atoms with Gasteiger partial charge in [0.15, 0.2) is 6.17 Å². The van der Waals surface area contributed by atoms with E-state index < -0.39 is 0 Å². The summed E-state index contributed by atoms with van der Waals surface area (Å²) in [5.41, 5.74) is 2.54. The first-order chi connectivity index (χ1) is 12.3. The number of carbonyl (C=O) groups excluding carboxylic acids is 1. The average Bonchev–Trinajstić information content (AvgIpc) is 2.99. The Bertz CT molecular complexity index is 693. The summed E-state index contributed by atoms with van der Waals surface area (Å²) in [6.07, 6.45) is 2.21. The molecular weight excluding hydrogens is 328 g/mol. The minimum atomic E-state index is -0.173. The minimum Gasteiger partial charge on any atom is -0.352 e. The van der Waals surface area contributed by atoms with Crippen LogP contribution < -0.4 is 10.2 Å². The molecule has 2 aliphatic rings. The molecule has 1 aromatic carbocycles. The number of carbonyl (C=O) groups is 1. The molecule has 6 nitrogen and oxygen atoms in total. The van der Waals surface area contributed by atoms with Crippen LogP contribution in [0.2, 0.25) is 0 Å². The Labute approximate surface area is 155 Å². The summed E-state index contributed by atoms with van der Waals surface area (Å²) in [7, 11) is 0. The molecule has 1 N–H and O–H groups in total. The van der Waals surface area contributed by atoms with Crippen molar-refractivity contribution in [1.29, 1.82) is 0 Å². The average molecular weight is 357 g/mol. The summed E-state index contributed by atoms with van der Waals surface area (Å²) < 4.78 is 0. The predicted octanol–water partition coefficient (Wildman–Crippen LogP) is 2.45. The third-order valence-corrected chi connectivity index (χ3v) is 5.28. The molecule has 2 aliphatic heterocycles. The molecule has 6 heteroatoms. The summed E-state index contributed by atoms with van der Waals surface area (Å²) in [6, 6.07) is 8.65. The van der Waals surface area contributed by atoms with Gasteiger partial charge in [0.25, 0.3) is 0 Å². The Morgan fingerprint density at radius 3 is 2.62 bits per heavy atom. The van der Waals surface area contributed by atoms with E-state index >= 15 is 0 Å². The van der Waals surface area contributed by atoms with E-state index in [0.717, 1.165) is 23.5 Å². The lowest BCUT2D eigenvalue weighted by atomic mass is 9.87. The fraction of sp³-hybridized carbons (Fsp3) is 0.550. The van der Waals surface area contributed by atoms with Crippen molar-refractivity contribution in [1.82, 2.24) is 10.3 Å². The third kappa shape index (κ3) is 3.74. The van der Waals surface area contributed by atoms with Crippen LogP contribution in [0.4, 0.5) is 5.69 Å². The van der Waals surface area contributed by atoms with Gasteiger partial charge in [-0.3, -0.25) is 4.79 Å². The molecule has 1 aromatic rings. The zero-order valence-electron chi connectivity index (χ0n) is 15.9. The summed E-state index contributed by atoms with van der Waals surface area (Å²) >= 11 is 0. The highest BCUT2D eigenvalue weighted by atomic mass is 16.3. The van der Waals surface area contributed by atoms with Crippen molar-refractivity contribution in [3.05, 3.63) is 47.4 Å². The maximum absolute atomic E-state index is 12.2. The van der Waals surface area contributed by atoms with Crippen molar-refractivity contribution in [2.75, 3.05) is 31.1 Å². The van der Waals surface area contributed by atoms with Crippen molar-refractivity contribution in [3.8, 4) is 0 Å². The van der Waals surface area contributed by atoms with Gasteiger partial charge in [-0.15, -0.1) is 5.01 Å². The van der Waals surface area contributed by atoms with Crippen molar-refractivity contribution in [2.45, 2.75) is 38.8 Å². The number of nitrogens with one attached hydrogen (secondary N) is 1. The second-order valence-electron chi connectivity index (χ2n) is 8.23. The quantitative estimate of drug-likeness (QED) is 0.664. The van der Waals surface area contributed by atoms with Crippen LogP contribution in [0.1, 0.15) is 32.8 Å². The number of nitrogens with zero attached hydrogens (tertiary/aromatic N) is 3. The number of amides is 1. The zero-order chi connectivity index (χ0) is 18.9. The summed E-state index contributed by atoms with van der Waals surface area (Å²) in [5, 5.41) is 4.76. The van der Waals surface area contributed by atoms with Crippen molar-refractivity contribution in [2.24, 2.45) is 5.92 Å². The molecule has 2 unspecified atom stereocenters. The Morgan fingerprint density at radius 2 is 2.00 bits per heavy atom. The lowest BCUT2D eigenvalue weighted by Crippen LogP contribution is -2.57. The Balaban J connectivity index is 1.80. The van der Waals surface area contributed by atoms with Gasteiger partial charge >= 0.3 is 0 Å². The van der Waals surface area contributed by atoms with Gasteiger partial charge in [-0.1, -0.05) is 39.5 Å². The lowest BCUT2D eigenvalue weighted by Gasteiger charge is -2.41. The number of hydrogen-bond donors (Lipinski definition) is 1. The molecule has 140 valence electrons. The van der Waals surface area contributed by atoms with Gasteiger partial charge in [-0.25, -0.2) is 0 Å². The molecular formula is C20H29N4O2+. The van der Waals surface area contributed by atoms with Crippen molar-refractivity contribution >= 4 is 11.6 Å². The second kappa shape index (κ2) is 7.09. The van der Waals surface area contributed by atoms with Gasteiger partial charge in [0.05, 0.1) is 17.9 Å². The topological polar surface area (TPSA) is 55.7 Å². The molecule has 2 fully saturated rings. The monoisotopic (exact) mass is 357 g/mol. The summed E-state index contributed by atoms with van der Waals surface area (Å²) in [6.45, 7) is 12.7. The summed E-state index contributed by atoms with van der Waals surface area (Å²) in [4.78, 5) is 27.1. The molecule has 2 atom stereocenters. The fourth-order valence-corrected chi connectivity index (χ4v) is 3.78. The molecule has 26 heavy (non-hydrogen) atoms. The van der Waals surface area contributed by atoms with E-state index in [1.807, 2.05) is 5.01 Å². The number of hydrogen-bond acceptors (Lipinski definition) is 3. The molecule has 2 heterocycles. The van der Waals surface area contributed by atoms with Crippen molar-refractivity contribution < 1.29 is 9.66 Å². The molecule has 0 bridgehead atoms. The first kappa shape index (κ1) is 18.4. The van der Waals surface area contributed by atoms with Gasteiger partial charge < -0.3 is 10.2 Å². The van der Waals surface area contributed by atoms with Crippen LogP contribution in [-0.4, -0.2) is 48.1 Å². The zero-order valence-corrected chi connectivity index (χ0v) is 15.9. The largest absolute Gasteiger partial charge is 0.352 e. The lowest BCUT2D eigenvalue weighted by molar-refractivity contribution is -0.692. The molecule has 1 amide bonds. The van der Waals surface area contributed by atoms with Gasteiger partial charge in [-0.2, -0.15) is 0 Å². The first-order valence-corrected chi connectivity index (χ1v) is 9.28. The molecule has 0 saturated carbocycles. The second-order valence-corrected chi connectivity index (χ2v) is 8.23. The smallest absolute Gasteiger partial charge is 0.243 e. The number of hydrazine groups is 1. The van der Waals surface area contributed by atoms with E-state index in [-0.39, 0.29) is 23.4 Å². The number of rotatable bonds is 4. The van der Waals surface area contributed by atoms with Gasteiger partial charge in [0.1, 0.15) is 4.87 Å².